The van der Waals surface area contributed by atoms with Gasteiger partial charge in [-0.25, -0.2) is 0 Å². The van der Waals surface area contributed by atoms with Crippen LogP contribution >= 0.6 is 0 Å². The van der Waals surface area contributed by atoms with Crippen molar-refractivity contribution in [2.45, 2.75) is 40.5 Å². The highest BCUT2D eigenvalue weighted by Crippen LogP contribution is 2.02. The predicted octanol–water partition coefficient (Wildman–Crippen LogP) is 2.24. The third kappa shape index (κ3) is 17.2. The molecule has 26 heavy (non-hydrogen) atoms. The van der Waals surface area contributed by atoms with E-state index in [1.165, 1.54) is 12.8 Å². The molecule has 1 saturated heterocycles. The normalized spacial score (nSPS) is 16.2. The van der Waals surface area contributed by atoms with Gasteiger partial charge in [-0.05, 0) is 18.9 Å². The van der Waals surface area contributed by atoms with Crippen molar-refractivity contribution in [3.8, 4) is 0 Å². The van der Waals surface area contributed by atoms with Crippen LogP contribution in [0.3, 0.4) is 0 Å². The Balaban J connectivity index is 0. The molecule has 1 unspecified atom stereocenters. The Morgan fingerprint density at radius 3 is 2.15 bits per heavy atom. The van der Waals surface area contributed by atoms with Crippen LogP contribution in [-0.4, -0.2) is 90.4 Å². The van der Waals surface area contributed by atoms with Crippen molar-refractivity contribution in [1.29, 1.82) is 0 Å². The maximum atomic E-state index is 5.60. The average molecular weight is 378 g/mol. The van der Waals surface area contributed by atoms with Crippen LogP contribution in [0.25, 0.3) is 0 Å². The molecule has 2 N–H and O–H groups in total. The van der Waals surface area contributed by atoms with Crippen LogP contribution in [0.2, 0.25) is 0 Å². The fourth-order valence-electron chi connectivity index (χ4n) is 2.76. The van der Waals surface area contributed by atoms with E-state index >= 15 is 0 Å². The van der Waals surface area contributed by atoms with Gasteiger partial charge in [-0.15, -0.1) is 0 Å². The molecule has 1 aliphatic heterocycles. The molecule has 1 heterocycles. The quantitative estimate of drug-likeness (QED) is 0.402. The van der Waals surface area contributed by atoms with E-state index < -0.39 is 0 Å². The summed E-state index contributed by atoms with van der Waals surface area (Å²) < 4.78 is 16.7. The van der Waals surface area contributed by atoms with E-state index in [0.717, 1.165) is 64.9 Å². The molecule has 6 nitrogen and oxygen atoms in total. The summed E-state index contributed by atoms with van der Waals surface area (Å²) in [6.07, 6.45) is 2.55. The molecule has 1 atom stereocenters. The summed E-state index contributed by atoms with van der Waals surface area (Å²) in [4.78, 5) is 2.43. The molecule has 1 rings (SSSR count). The molecule has 0 amide bonds. The van der Waals surface area contributed by atoms with Crippen molar-refractivity contribution in [2.24, 2.45) is 5.92 Å². The summed E-state index contributed by atoms with van der Waals surface area (Å²) in [5, 5.41) is 6.78. The highest BCUT2D eigenvalue weighted by molar-refractivity contribution is 4.66. The standard InChI is InChI=1S/C18H39N3O3.C2H6.H2/c1-3-4-18(2)17-20-7-11-22-13-15-24-16-14-23-12-10-21-8-5-19-6-9-21;1-2;/h18-20H,3-17H2,1-2H3;1-2H3;1H. The molecule has 0 aromatic heterocycles. The largest absolute Gasteiger partial charge is 0.378 e. The summed E-state index contributed by atoms with van der Waals surface area (Å²) in [7, 11) is 0. The third-order valence-corrected chi connectivity index (χ3v) is 4.20. The topological polar surface area (TPSA) is 55.0 Å². The average Bonchev–Trinajstić information content (AvgIpc) is 2.68. The van der Waals surface area contributed by atoms with Crippen LogP contribution in [-0.2, 0) is 14.2 Å². The number of hydrogen-bond acceptors (Lipinski definition) is 6. The first kappa shape index (κ1) is 25.8. The van der Waals surface area contributed by atoms with Crippen LogP contribution in [0.1, 0.15) is 42.0 Å². The van der Waals surface area contributed by atoms with Gasteiger partial charge < -0.3 is 24.8 Å². The van der Waals surface area contributed by atoms with Gasteiger partial charge >= 0.3 is 0 Å². The molecule has 0 bridgehead atoms. The van der Waals surface area contributed by atoms with Crippen LogP contribution in [0.4, 0.5) is 0 Å². The second kappa shape index (κ2) is 21.1. The molecule has 160 valence electrons. The molecule has 0 aromatic rings. The summed E-state index contributed by atoms with van der Waals surface area (Å²) in [5.41, 5.74) is 0. The van der Waals surface area contributed by atoms with E-state index in [1.807, 2.05) is 13.8 Å². The van der Waals surface area contributed by atoms with Gasteiger partial charge in [0.05, 0.1) is 39.6 Å². The predicted molar refractivity (Wildman–Crippen MR) is 112 cm³/mol. The Morgan fingerprint density at radius 1 is 0.962 bits per heavy atom. The Kier molecular flexibility index (Phi) is 20.9. The second-order valence-corrected chi connectivity index (χ2v) is 6.53. The van der Waals surface area contributed by atoms with Gasteiger partial charge in [0.25, 0.3) is 0 Å². The summed E-state index contributed by atoms with van der Waals surface area (Å²) in [6, 6.07) is 0. The smallest absolute Gasteiger partial charge is 0.0701 e. The third-order valence-electron chi connectivity index (χ3n) is 4.20. The van der Waals surface area contributed by atoms with E-state index in [0.29, 0.717) is 26.4 Å². The Morgan fingerprint density at radius 2 is 1.54 bits per heavy atom. The van der Waals surface area contributed by atoms with Crippen molar-refractivity contribution < 1.29 is 15.6 Å². The maximum absolute atomic E-state index is 5.60. The summed E-state index contributed by atoms with van der Waals surface area (Å²) in [6.45, 7) is 20.2. The molecular formula is C20H47N3O3. The molecule has 0 spiro atoms. The number of nitrogens with zero attached hydrogens (tertiary/aromatic N) is 1. The van der Waals surface area contributed by atoms with Gasteiger partial charge in [-0.2, -0.15) is 0 Å². The van der Waals surface area contributed by atoms with Crippen molar-refractivity contribution in [1.82, 2.24) is 15.5 Å². The minimum Gasteiger partial charge on any atom is -0.378 e. The zero-order valence-corrected chi connectivity index (χ0v) is 17.9. The van der Waals surface area contributed by atoms with Crippen LogP contribution < -0.4 is 10.6 Å². The fraction of sp³-hybridized carbons (Fsp3) is 1.00. The molecule has 0 saturated carbocycles. The molecule has 0 radical (unpaired) electrons. The van der Waals surface area contributed by atoms with Crippen molar-refractivity contribution >= 4 is 0 Å². The number of piperazine rings is 1. The number of hydrogen-bond donors (Lipinski definition) is 2. The lowest BCUT2D eigenvalue weighted by Gasteiger charge is -2.26. The lowest BCUT2D eigenvalue weighted by Crippen LogP contribution is -2.44. The van der Waals surface area contributed by atoms with Gasteiger partial charge in [0.15, 0.2) is 0 Å². The first-order chi connectivity index (χ1) is 12.8. The van der Waals surface area contributed by atoms with E-state index in [1.54, 1.807) is 0 Å². The van der Waals surface area contributed by atoms with Gasteiger partial charge in [0, 0.05) is 40.7 Å². The van der Waals surface area contributed by atoms with Crippen LogP contribution in [0, 0.1) is 5.92 Å². The highest BCUT2D eigenvalue weighted by Gasteiger charge is 2.08. The van der Waals surface area contributed by atoms with Gasteiger partial charge in [-0.3, -0.25) is 4.90 Å². The minimum atomic E-state index is 0. The van der Waals surface area contributed by atoms with E-state index in [2.05, 4.69) is 29.4 Å². The van der Waals surface area contributed by atoms with Crippen molar-refractivity contribution in [3.05, 3.63) is 0 Å². The summed E-state index contributed by atoms with van der Waals surface area (Å²) >= 11 is 0. The van der Waals surface area contributed by atoms with E-state index in [4.69, 9.17) is 14.2 Å². The lowest BCUT2D eigenvalue weighted by atomic mass is 10.1. The Hall–Kier alpha value is -0.240. The zero-order chi connectivity index (χ0) is 19.3. The zero-order valence-electron chi connectivity index (χ0n) is 17.9. The van der Waals surface area contributed by atoms with E-state index in [-0.39, 0.29) is 1.43 Å². The van der Waals surface area contributed by atoms with Crippen LogP contribution in [0.5, 0.6) is 0 Å². The van der Waals surface area contributed by atoms with Crippen molar-refractivity contribution in [3.63, 3.8) is 0 Å². The highest BCUT2D eigenvalue weighted by atomic mass is 16.5. The second-order valence-electron chi connectivity index (χ2n) is 6.53. The molecular weight excluding hydrogens is 330 g/mol. The molecule has 1 fully saturated rings. The van der Waals surface area contributed by atoms with E-state index in [9.17, 15) is 0 Å². The molecule has 0 aromatic carbocycles. The maximum Gasteiger partial charge on any atom is 0.0701 e. The van der Waals surface area contributed by atoms with Gasteiger partial charge in [0.2, 0.25) is 0 Å². The molecule has 1 aliphatic rings. The molecule has 0 aliphatic carbocycles. The fourth-order valence-corrected chi connectivity index (χ4v) is 2.76. The molecule has 6 heteroatoms. The Labute approximate surface area is 163 Å². The van der Waals surface area contributed by atoms with Gasteiger partial charge in [-0.1, -0.05) is 34.1 Å². The number of rotatable bonds is 16. The first-order valence-corrected chi connectivity index (χ1v) is 10.7. The number of ether oxygens (including phenoxy) is 3. The van der Waals surface area contributed by atoms with Gasteiger partial charge in [0.1, 0.15) is 0 Å². The SMILES string of the molecule is CC.CCCC(C)CNCCOCCOCCOCCN1CCNCC1.[HH]. The Bertz CT molecular complexity index is 271. The summed E-state index contributed by atoms with van der Waals surface area (Å²) in [5.74, 6) is 0.755. The monoisotopic (exact) mass is 377 g/mol. The minimum absolute atomic E-state index is 0. The lowest BCUT2D eigenvalue weighted by molar-refractivity contribution is 0.0106. The number of nitrogens with one attached hydrogen (secondary N) is 2. The van der Waals surface area contributed by atoms with Crippen LogP contribution in [0.15, 0.2) is 0 Å². The first-order valence-electron chi connectivity index (χ1n) is 10.7. The van der Waals surface area contributed by atoms with Crippen molar-refractivity contribution in [2.75, 3.05) is 85.5 Å².